The van der Waals surface area contributed by atoms with E-state index in [1.807, 2.05) is 19.1 Å². The van der Waals surface area contributed by atoms with E-state index in [2.05, 4.69) is 10.6 Å². The van der Waals surface area contributed by atoms with Crippen LogP contribution in [0.3, 0.4) is 0 Å². The highest BCUT2D eigenvalue weighted by molar-refractivity contribution is 5.89. The van der Waals surface area contributed by atoms with Gasteiger partial charge < -0.3 is 29.6 Å². The van der Waals surface area contributed by atoms with E-state index >= 15 is 0 Å². The summed E-state index contributed by atoms with van der Waals surface area (Å²) in [6.07, 6.45) is 1.35. The van der Waals surface area contributed by atoms with Gasteiger partial charge in [-0.05, 0) is 31.2 Å². The molecule has 0 unspecified atom stereocenters. The minimum absolute atomic E-state index is 0.130. The molecule has 2 aliphatic heterocycles. The number of rotatable bonds is 5. The van der Waals surface area contributed by atoms with E-state index in [0.717, 1.165) is 18.6 Å². The molecule has 24 heavy (non-hydrogen) atoms. The Labute approximate surface area is 141 Å². The zero-order valence-corrected chi connectivity index (χ0v) is 13.9. The van der Waals surface area contributed by atoms with E-state index in [0.29, 0.717) is 38.7 Å². The number of carbonyl (C=O) groups is 1. The second kappa shape index (κ2) is 7.83. The molecule has 0 aliphatic carbocycles. The molecule has 0 saturated carbocycles. The van der Waals surface area contributed by atoms with E-state index in [1.54, 1.807) is 12.1 Å². The number of nitrogens with one attached hydrogen (secondary N) is 2. The predicted octanol–water partition coefficient (Wildman–Crippen LogP) is 2.13. The van der Waals surface area contributed by atoms with Gasteiger partial charge in [0.05, 0.1) is 26.4 Å². The first-order chi connectivity index (χ1) is 11.7. The quantitative estimate of drug-likeness (QED) is 0.861. The van der Waals surface area contributed by atoms with Gasteiger partial charge in [0.25, 0.3) is 0 Å². The van der Waals surface area contributed by atoms with Gasteiger partial charge in [0.15, 0.2) is 5.79 Å². The van der Waals surface area contributed by atoms with Crippen molar-refractivity contribution in [3.63, 3.8) is 0 Å². The van der Waals surface area contributed by atoms with Crippen molar-refractivity contribution < 1.29 is 23.7 Å². The zero-order chi connectivity index (χ0) is 16.8. The Morgan fingerprint density at radius 3 is 2.75 bits per heavy atom. The van der Waals surface area contributed by atoms with Gasteiger partial charge >= 0.3 is 6.03 Å². The second-order valence-corrected chi connectivity index (χ2v) is 5.87. The summed E-state index contributed by atoms with van der Waals surface area (Å²) in [4.78, 5) is 12.0. The van der Waals surface area contributed by atoms with Crippen LogP contribution >= 0.6 is 0 Å². The normalized spacial score (nSPS) is 22.3. The highest BCUT2D eigenvalue weighted by Crippen LogP contribution is 2.32. The van der Waals surface area contributed by atoms with Crippen molar-refractivity contribution in [3.05, 3.63) is 24.3 Å². The molecular weight excluding hydrogens is 312 g/mol. The molecule has 2 heterocycles. The van der Waals surface area contributed by atoms with Crippen molar-refractivity contribution in [2.24, 2.45) is 0 Å². The molecule has 132 valence electrons. The van der Waals surface area contributed by atoms with Crippen molar-refractivity contribution in [2.45, 2.75) is 31.7 Å². The summed E-state index contributed by atoms with van der Waals surface area (Å²) in [6, 6.07) is 6.98. The Kier molecular flexibility index (Phi) is 5.55. The zero-order valence-electron chi connectivity index (χ0n) is 13.9. The first-order valence-electron chi connectivity index (χ1n) is 8.36. The van der Waals surface area contributed by atoms with Crippen molar-refractivity contribution in [1.29, 1.82) is 0 Å². The van der Waals surface area contributed by atoms with Crippen molar-refractivity contribution in [3.8, 4) is 5.75 Å². The number of carbonyl (C=O) groups excluding carboxylic acids is 1. The molecule has 0 aromatic heterocycles. The Hall–Kier alpha value is -1.83. The number of urea groups is 1. The lowest BCUT2D eigenvalue weighted by Gasteiger charge is -2.31. The number of hydrogen-bond acceptors (Lipinski definition) is 5. The van der Waals surface area contributed by atoms with Gasteiger partial charge in [0.2, 0.25) is 0 Å². The first-order valence-corrected chi connectivity index (χ1v) is 8.36. The molecule has 0 radical (unpaired) electrons. The topological polar surface area (TPSA) is 78.1 Å². The van der Waals surface area contributed by atoms with Crippen LogP contribution in [0.15, 0.2) is 24.3 Å². The van der Waals surface area contributed by atoms with Gasteiger partial charge in [-0.3, -0.25) is 0 Å². The number of benzene rings is 1. The molecular formula is C17H24N2O5. The van der Waals surface area contributed by atoms with Crippen molar-refractivity contribution >= 4 is 11.7 Å². The summed E-state index contributed by atoms with van der Waals surface area (Å²) in [6.45, 7) is 4.74. The molecule has 2 aliphatic rings. The monoisotopic (exact) mass is 336 g/mol. The highest BCUT2D eigenvalue weighted by Gasteiger charge is 2.42. The molecule has 2 N–H and O–H groups in total. The summed E-state index contributed by atoms with van der Waals surface area (Å²) in [7, 11) is 0. The molecule has 7 nitrogen and oxygen atoms in total. The maximum Gasteiger partial charge on any atom is 0.319 e. The van der Waals surface area contributed by atoms with E-state index in [4.69, 9.17) is 18.9 Å². The van der Waals surface area contributed by atoms with Crippen LogP contribution in [-0.4, -0.2) is 50.9 Å². The number of anilines is 1. The SMILES string of the molecule is CCOc1ccc(NC(=O)NC[C@@H]2COC3(CCOCC3)O2)cc1. The highest BCUT2D eigenvalue weighted by atomic mass is 16.7. The molecule has 2 fully saturated rings. The fourth-order valence-electron chi connectivity index (χ4n) is 2.84. The van der Waals surface area contributed by atoms with Crippen LogP contribution in [0.4, 0.5) is 10.5 Å². The average molecular weight is 336 g/mol. The van der Waals surface area contributed by atoms with Gasteiger partial charge in [0.1, 0.15) is 11.9 Å². The van der Waals surface area contributed by atoms with Crippen LogP contribution in [0.25, 0.3) is 0 Å². The third-order valence-electron chi connectivity index (χ3n) is 4.08. The second-order valence-electron chi connectivity index (χ2n) is 5.87. The van der Waals surface area contributed by atoms with Crippen molar-refractivity contribution in [1.82, 2.24) is 5.32 Å². The standard InChI is InChI=1S/C17H24N2O5/c1-2-22-14-5-3-13(4-6-14)19-16(20)18-11-15-12-23-17(24-15)7-9-21-10-8-17/h3-6,15H,2,7-12H2,1H3,(H2,18,19,20)/t15-/m1/s1. The molecule has 2 amide bonds. The minimum atomic E-state index is -0.518. The number of ether oxygens (including phenoxy) is 4. The summed E-state index contributed by atoms with van der Waals surface area (Å²) < 4.78 is 22.5. The first kappa shape index (κ1) is 17.0. The Bertz CT molecular complexity index is 542. The average Bonchev–Trinajstić information content (AvgIpc) is 2.98. The number of hydrogen-bond donors (Lipinski definition) is 2. The summed E-state index contributed by atoms with van der Waals surface area (Å²) in [5.74, 6) is 0.262. The Balaban J connectivity index is 1.41. The van der Waals surface area contributed by atoms with Crippen LogP contribution in [0, 0.1) is 0 Å². The maximum absolute atomic E-state index is 12.0. The van der Waals surface area contributed by atoms with E-state index in [9.17, 15) is 4.79 Å². The lowest BCUT2D eigenvalue weighted by molar-refractivity contribution is -0.210. The molecule has 0 bridgehead atoms. The van der Waals surface area contributed by atoms with Crippen molar-refractivity contribution in [2.75, 3.05) is 38.3 Å². The summed E-state index contributed by atoms with van der Waals surface area (Å²) in [5, 5.41) is 5.60. The van der Waals surface area contributed by atoms with Gasteiger partial charge in [-0.15, -0.1) is 0 Å². The molecule has 2 saturated heterocycles. The third-order valence-corrected chi connectivity index (χ3v) is 4.08. The van der Waals surface area contributed by atoms with Crippen LogP contribution in [0.1, 0.15) is 19.8 Å². The molecule has 7 heteroatoms. The molecule has 1 aromatic rings. The van der Waals surface area contributed by atoms with Gasteiger partial charge in [-0.1, -0.05) is 0 Å². The molecule has 3 rings (SSSR count). The van der Waals surface area contributed by atoms with Gasteiger partial charge in [-0.2, -0.15) is 0 Å². The predicted molar refractivity (Wildman–Crippen MR) is 88.2 cm³/mol. The smallest absolute Gasteiger partial charge is 0.319 e. The molecule has 1 aromatic carbocycles. The molecule has 1 atom stereocenters. The largest absolute Gasteiger partial charge is 0.494 e. The van der Waals surface area contributed by atoms with Crippen LogP contribution in [-0.2, 0) is 14.2 Å². The Morgan fingerprint density at radius 2 is 2.04 bits per heavy atom. The Morgan fingerprint density at radius 1 is 1.29 bits per heavy atom. The summed E-state index contributed by atoms with van der Waals surface area (Å²) in [5.41, 5.74) is 0.709. The van der Waals surface area contributed by atoms with Crippen LogP contribution < -0.4 is 15.4 Å². The van der Waals surface area contributed by atoms with E-state index in [1.165, 1.54) is 0 Å². The number of amides is 2. The fraction of sp³-hybridized carbons (Fsp3) is 0.588. The minimum Gasteiger partial charge on any atom is -0.494 e. The van der Waals surface area contributed by atoms with Gasteiger partial charge in [0, 0.05) is 25.1 Å². The molecule has 1 spiro atoms. The summed E-state index contributed by atoms with van der Waals surface area (Å²) >= 11 is 0. The maximum atomic E-state index is 12.0. The third kappa shape index (κ3) is 4.37. The van der Waals surface area contributed by atoms with Crippen LogP contribution in [0.5, 0.6) is 5.75 Å². The fourth-order valence-corrected chi connectivity index (χ4v) is 2.84. The van der Waals surface area contributed by atoms with Gasteiger partial charge in [-0.25, -0.2) is 4.79 Å². The van der Waals surface area contributed by atoms with Crippen LogP contribution in [0.2, 0.25) is 0 Å². The lowest BCUT2D eigenvalue weighted by atomic mass is 10.1. The van der Waals surface area contributed by atoms with E-state index < -0.39 is 5.79 Å². The van der Waals surface area contributed by atoms with E-state index in [-0.39, 0.29) is 12.1 Å². The lowest BCUT2D eigenvalue weighted by Crippen LogP contribution is -2.40.